The number of hydrogen-bond acceptors (Lipinski definition) is 4. The molecule has 7 nitrogen and oxygen atoms in total. The second-order valence-electron chi connectivity index (χ2n) is 8.14. The van der Waals surface area contributed by atoms with E-state index >= 15 is 0 Å². The topological polar surface area (TPSA) is 69.2 Å². The summed E-state index contributed by atoms with van der Waals surface area (Å²) in [6.45, 7) is 8.59. The van der Waals surface area contributed by atoms with Crippen molar-refractivity contribution in [3.05, 3.63) is 35.9 Å². The number of benzene rings is 1. The van der Waals surface area contributed by atoms with Gasteiger partial charge >= 0.3 is 0 Å². The first kappa shape index (κ1) is 20.2. The van der Waals surface area contributed by atoms with Gasteiger partial charge in [-0.15, -0.1) is 0 Å². The number of ether oxygens (including phenoxy) is 1. The van der Waals surface area contributed by atoms with Gasteiger partial charge in [0.05, 0.1) is 25.3 Å². The molecule has 1 saturated carbocycles. The third-order valence-corrected chi connectivity index (χ3v) is 5.90. The number of rotatable bonds is 7. The van der Waals surface area contributed by atoms with Crippen LogP contribution in [0.25, 0.3) is 0 Å². The third kappa shape index (κ3) is 5.28. The van der Waals surface area contributed by atoms with Gasteiger partial charge in [-0.05, 0) is 25.3 Å². The van der Waals surface area contributed by atoms with Crippen molar-refractivity contribution in [3.63, 3.8) is 0 Å². The van der Waals surface area contributed by atoms with Crippen LogP contribution < -0.4 is 10.6 Å². The molecule has 0 spiro atoms. The van der Waals surface area contributed by atoms with Crippen molar-refractivity contribution < 1.29 is 9.53 Å². The molecule has 0 radical (unpaired) electrons. The predicted molar refractivity (Wildman–Crippen MR) is 114 cm³/mol. The van der Waals surface area contributed by atoms with Gasteiger partial charge in [-0.2, -0.15) is 0 Å². The lowest BCUT2D eigenvalue weighted by molar-refractivity contribution is -0.122. The number of nitrogens with zero attached hydrogens (tertiary/aromatic N) is 3. The Morgan fingerprint density at radius 3 is 2.79 bits per heavy atom. The molecule has 3 fully saturated rings. The average molecular weight is 400 g/mol. The zero-order chi connectivity index (χ0) is 20.1. The van der Waals surface area contributed by atoms with E-state index in [1.165, 1.54) is 5.56 Å². The van der Waals surface area contributed by atoms with E-state index in [-0.39, 0.29) is 17.9 Å². The highest BCUT2D eigenvalue weighted by Gasteiger charge is 2.41. The second-order valence-corrected chi connectivity index (χ2v) is 8.14. The minimum absolute atomic E-state index is 0.183. The molecule has 2 saturated heterocycles. The van der Waals surface area contributed by atoms with Gasteiger partial charge in [0.25, 0.3) is 0 Å². The highest BCUT2D eigenvalue weighted by molar-refractivity contribution is 5.81. The Morgan fingerprint density at radius 1 is 1.21 bits per heavy atom. The summed E-state index contributed by atoms with van der Waals surface area (Å²) in [5, 5.41) is 6.40. The van der Waals surface area contributed by atoms with E-state index in [0.29, 0.717) is 19.1 Å². The van der Waals surface area contributed by atoms with E-state index in [2.05, 4.69) is 57.7 Å². The maximum Gasteiger partial charge on any atom is 0.223 e. The van der Waals surface area contributed by atoms with Crippen LogP contribution in [0.15, 0.2) is 35.3 Å². The summed E-state index contributed by atoms with van der Waals surface area (Å²) in [5.41, 5.74) is 1.35. The van der Waals surface area contributed by atoms with Crippen molar-refractivity contribution in [1.29, 1.82) is 0 Å². The van der Waals surface area contributed by atoms with Gasteiger partial charge in [0.2, 0.25) is 5.91 Å². The maximum atomic E-state index is 11.8. The molecule has 7 heteroatoms. The molecular weight excluding hydrogens is 366 g/mol. The molecule has 0 aromatic heterocycles. The normalized spacial score (nSPS) is 25.0. The smallest absolute Gasteiger partial charge is 0.223 e. The Labute approximate surface area is 173 Å². The molecule has 1 aliphatic carbocycles. The Hall–Kier alpha value is -2.12. The van der Waals surface area contributed by atoms with Gasteiger partial charge in [-0.3, -0.25) is 14.7 Å². The van der Waals surface area contributed by atoms with Crippen LogP contribution >= 0.6 is 0 Å². The number of morpholine rings is 1. The molecule has 1 aromatic rings. The highest BCUT2D eigenvalue weighted by Crippen LogP contribution is 2.28. The van der Waals surface area contributed by atoms with Crippen LogP contribution in [-0.4, -0.2) is 79.7 Å². The molecule has 3 aliphatic rings. The maximum absolute atomic E-state index is 11.8. The van der Waals surface area contributed by atoms with Crippen LogP contribution in [0.2, 0.25) is 0 Å². The fourth-order valence-electron chi connectivity index (χ4n) is 4.20. The number of carbonyl (C=O) groups excluding carboxylic acids is 1. The largest absolute Gasteiger partial charge is 0.373 e. The number of carbonyl (C=O) groups is 1. The molecule has 2 aliphatic heterocycles. The predicted octanol–water partition coefficient (Wildman–Crippen LogP) is 1.06. The molecule has 2 unspecified atom stereocenters. The second kappa shape index (κ2) is 9.59. The van der Waals surface area contributed by atoms with Gasteiger partial charge in [0.1, 0.15) is 0 Å². The van der Waals surface area contributed by atoms with E-state index < -0.39 is 0 Å². The van der Waals surface area contributed by atoms with E-state index in [9.17, 15) is 4.79 Å². The molecule has 1 amide bonds. The van der Waals surface area contributed by atoms with Gasteiger partial charge in [0.15, 0.2) is 5.96 Å². The lowest BCUT2D eigenvalue weighted by Crippen LogP contribution is -2.50. The molecule has 2 atom stereocenters. The minimum atomic E-state index is 0.183. The van der Waals surface area contributed by atoms with Gasteiger partial charge in [0, 0.05) is 45.2 Å². The van der Waals surface area contributed by atoms with Gasteiger partial charge in [-0.1, -0.05) is 30.3 Å². The zero-order valence-corrected chi connectivity index (χ0v) is 17.3. The first-order chi connectivity index (χ1) is 14.2. The molecule has 1 aromatic carbocycles. The molecule has 2 heterocycles. The molecule has 29 heavy (non-hydrogen) atoms. The van der Waals surface area contributed by atoms with Crippen LogP contribution in [0.5, 0.6) is 0 Å². The fraction of sp³-hybridized carbons (Fsp3) is 0.636. The number of amides is 1. The Morgan fingerprint density at radius 2 is 2.03 bits per heavy atom. The van der Waals surface area contributed by atoms with E-state index in [1.807, 2.05) is 0 Å². The molecular formula is C22H33N5O2. The molecule has 4 rings (SSSR count). The van der Waals surface area contributed by atoms with E-state index in [1.54, 1.807) is 0 Å². The van der Waals surface area contributed by atoms with Crippen LogP contribution in [0, 0.1) is 5.92 Å². The summed E-state index contributed by atoms with van der Waals surface area (Å²) in [5.74, 6) is 1.36. The number of aliphatic imine (C=N–C) groups is 1. The Bertz CT molecular complexity index is 706. The molecule has 0 bridgehead atoms. The van der Waals surface area contributed by atoms with Crippen molar-refractivity contribution in [2.45, 2.75) is 38.5 Å². The average Bonchev–Trinajstić information content (AvgIpc) is 3.50. The van der Waals surface area contributed by atoms with Crippen LogP contribution in [0.1, 0.15) is 25.3 Å². The first-order valence-corrected chi connectivity index (χ1v) is 10.9. The minimum Gasteiger partial charge on any atom is -0.373 e. The summed E-state index contributed by atoms with van der Waals surface area (Å²) in [6, 6.07) is 11.0. The van der Waals surface area contributed by atoms with E-state index in [0.717, 1.165) is 58.1 Å². The molecule has 158 valence electrons. The van der Waals surface area contributed by atoms with Crippen LogP contribution in [-0.2, 0) is 16.1 Å². The highest BCUT2D eigenvalue weighted by atomic mass is 16.5. The summed E-state index contributed by atoms with van der Waals surface area (Å²) in [6.07, 6.45) is 2.28. The number of fused-ring (bicyclic) bond motifs is 1. The van der Waals surface area contributed by atoms with E-state index in [4.69, 9.17) is 9.73 Å². The summed E-state index contributed by atoms with van der Waals surface area (Å²) < 4.78 is 6.10. The van der Waals surface area contributed by atoms with Crippen molar-refractivity contribution in [3.8, 4) is 0 Å². The van der Waals surface area contributed by atoms with Crippen molar-refractivity contribution in [1.82, 2.24) is 20.4 Å². The Balaban J connectivity index is 1.34. The standard InChI is InChI=1S/C22H33N5O2/c1-2-23-22(25-11-10-24-21(28)18-8-9-18)27-15-19-20(16-27)29-13-12-26(19)14-17-6-4-3-5-7-17/h3-7,18-20H,2,8-16H2,1H3,(H,23,25)(H,24,28). The fourth-order valence-corrected chi connectivity index (χ4v) is 4.20. The lowest BCUT2D eigenvalue weighted by atomic mass is 10.1. The summed E-state index contributed by atoms with van der Waals surface area (Å²) >= 11 is 0. The van der Waals surface area contributed by atoms with Crippen LogP contribution in [0.4, 0.5) is 0 Å². The third-order valence-electron chi connectivity index (χ3n) is 5.90. The summed E-state index contributed by atoms with van der Waals surface area (Å²) in [4.78, 5) is 21.4. The van der Waals surface area contributed by atoms with Crippen LogP contribution in [0.3, 0.4) is 0 Å². The monoisotopic (exact) mass is 399 g/mol. The van der Waals surface area contributed by atoms with Crippen molar-refractivity contribution in [2.24, 2.45) is 10.9 Å². The number of guanidine groups is 1. The van der Waals surface area contributed by atoms with Gasteiger partial charge in [-0.25, -0.2) is 0 Å². The van der Waals surface area contributed by atoms with Crippen molar-refractivity contribution in [2.75, 3.05) is 45.9 Å². The first-order valence-electron chi connectivity index (χ1n) is 10.9. The van der Waals surface area contributed by atoms with Crippen molar-refractivity contribution >= 4 is 11.9 Å². The molecule has 2 N–H and O–H groups in total. The zero-order valence-electron chi connectivity index (χ0n) is 17.3. The number of likely N-dealkylation sites (tertiary alicyclic amines) is 1. The quantitative estimate of drug-likeness (QED) is 0.408. The lowest BCUT2D eigenvalue weighted by Gasteiger charge is -2.36. The summed E-state index contributed by atoms with van der Waals surface area (Å²) in [7, 11) is 0. The number of nitrogens with one attached hydrogen (secondary N) is 2. The SMILES string of the molecule is CCNC(=NCCNC(=O)C1CC1)N1CC2OCCN(Cc3ccccc3)C2C1. The van der Waals surface area contributed by atoms with Gasteiger partial charge < -0.3 is 20.3 Å². The number of hydrogen-bond donors (Lipinski definition) is 2. The Kier molecular flexibility index (Phi) is 6.67.